The highest BCUT2D eigenvalue weighted by Crippen LogP contribution is 2.18. The van der Waals surface area contributed by atoms with Crippen LogP contribution in [0.3, 0.4) is 0 Å². The lowest BCUT2D eigenvalue weighted by atomic mass is 10.0. The maximum Gasteiger partial charge on any atom is 0.240 e. The number of hydrogen-bond donors (Lipinski definition) is 2. The first-order valence-corrected chi connectivity index (χ1v) is 5.88. The van der Waals surface area contributed by atoms with Gasteiger partial charge in [-0.25, -0.2) is 0 Å². The molecule has 0 bridgehead atoms. The summed E-state index contributed by atoms with van der Waals surface area (Å²) < 4.78 is 0. The fourth-order valence-corrected chi connectivity index (χ4v) is 1.83. The van der Waals surface area contributed by atoms with Crippen molar-refractivity contribution in [3.63, 3.8) is 0 Å². The van der Waals surface area contributed by atoms with E-state index in [9.17, 15) is 4.79 Å². The van der Waals surface area contributed by atoms with E-state index in [1.165, 1.54) is 4.88 Å². The van der Waals surface area contributed by atoms with E-state index >= 15 is 0 Å². The van der Waals surface area contributed by atoms with Gasteiger partial charge in [-0.05, 0) is 39.3 Å². The summed E-state index contributed by atoms with van der Waals surface area (Å²) in [4.78, 5) is 13.0. The SMILES string of the molecule is CNC(C)(C)C(=O)N[C@H](C)c1cccs1. The summed E-state index contributed by atoms with van der Waals surface area (Å²) in [7, 11) is 1.79. The number of carbonyl (C=O) groups is 1. The predicted octanol–water partition coefficient (Wildman–Crippen LogP) is 1.92. The molecule has 0 aliphatic rings. The number of nitrogens with one attached hydrogen (secondary N) is 2. The summed E-state index contributed by atoms with van der Waals surface area (Å²) in [6.07, 6.45) is 0. The van der Waals surface area contributed by atoms with Gasteiger partial charge < -0.3 is 10.6 Å². The highest BCUT2D eigenvalue weighted by Gasteiger charge is 2.26. The highest BCUT2D eigenvalue weighted by atomic mass is 32.1. The van der Waals surface area contributed by atoms with E-state index in [4.69, 9.17) is 0 Å². The number of likely N-dealkylation sites (N-methyl/N-ethyl adjacent to an activating group) is 1. The van der Waals surface area contributed by atoms with Crippen LogP contribution in [0.25, 0.3) is 0 Å². The molecule has 0 saturated carbocycles. The number of amides is 1. The molecule has 1 aromatic heterocycles. The van der Waals surface area contributed by atoms with Crippen LogP contribution in [0.1, 0.15) is 31.7 Å². The Morgan fingerprint density at radius 1 is 1.53 bits per heavy atom. The molecule has 0 aromatic carbocycles. The van der Waals surface area contributed by atoms with Crippen LogP contribution in [0.4, 0.5) is 0 Å². The fraction of sp³-hybridized carbons (Fsp3) is 0.545. The van der Waals surface area contributed by atoms with E-state index < -0.39 is 5.54 Å². The van der Waals surface area contributed by atoms with Crippen molar-refractivity contribution in [1.82, 2.24) is 10.6 Å². The lowest BCUT2D eigenvalue weighted by molar-refractivity contribution is -0.126. The molecule has 0 fully saturated rings. The van der Waals surface area contributed by atoms with Gasteiger partial charge in [-0.1, -0.05) is 6.07 Å². The standard InChI is InChI=1S/C11H18N2OS/c1-8(9-6-5-7-15-9)13-10(14)11(2,3)12-4/h5-8,12H,1-4H3,(H,13,14)/t8-/m1/s1. The zero-order valence-electron chi connectivity index (χ0n) is 9.63. The Bertz CT molecular complexity index is 319. The van der Waals surface area contributed by atoms with Crippen LogP contribution in [0.5, 0.6) is 0 Å². The Morgan fingerprint density at radius 2 is 2.20 bits per heavy atom. The first kappa shape index (κ1) is 12.2. The largest absolute Gasteiger partial charge is 0.347 e. The zero-order valence-corrected chi connectivity index (χ0v) is 10.4. The monoisotopic (exact) mass is 226 g/mol. The summed E-state index contributed by atoms with van der Waals surface area (Å²) in [5.74, 6) is 0.0194. The van der Waals surface area contributed by atoms with Crippen LogP contribution < -0.4 is 10.6 Å². The molecule has 0 radical (unpaired) electrons. The zero-order chi connectivity index (χ0) is 11.5. The van der Waals surface area contributed by atoms with Gasteiger partial charge in [0.25, 0.3) is 0 Å². The summed E-state index contributed by atoms with van der Waals surface area (Å²) in [5, 5.41) is 7.98. The Balaban J connectivity index is 2.60. The Morgan fingerprint density at radius 3 is 2.67 bits per heavy atom. The maximum atomic E-state index is 11.8. The minimum absolute atomic E-state index is 0.0194. The molecule has 0 aliphatic heterocycles. The summed E-state index contributed by atoms with van der Waals surface area (Å²) in [6.45, 7) is 5.72. The highest BCUT2D eigenvalue weighted by molar-refractivity contribution is 7.10. The molecule has 0 spiro atoms. The van der Waals surface area contributed by atoms with Gasteiger partial charge in [0, 0.05) is 4.88 Å². The molecule has 2 N–H and O–H groups in total. The molecule has 3 nitrogen and oxygen atoms in total. The van der Waals surface area contributed by atoms with E-state index in [1.54, 1.807) is 18.4 Å². The number of carbonyl (C=O) groups excluding carboxylic acids is 1. The maximum absolute atomic E-state index is 11.8. The topological polar surface area (TPSA) is 41.1 Å². The minimum Gasteiger partial charge on any atom is -0.347 e. The van der Waals surface area contributed by atoms with E-state index in [2.05, 4.69) is 10.6 Å². The van der Waals surface area contributed by atoms with Gasteiger partial charge in [0.05, 0.1) is 11.6 Å². The van der Waals surface area contributed by atoms with Crippen molar-refractivity contribution in [2.45, 2.75) is 32.4 Å². The lowest BCUT2D eigenvalue weighted by Gasteiger charge is -2.25. The van der Waals surface area contributed by atoms with E-state index in [1.807, 2.05) is 38.3 Å². The third-order valence-corrected chi connectivity index (χ3v) is 3.57. The van der Waals surface area contributed by atoms with Gasteiger partial charge in [0.2, 0.25) is 5.91 Å². The smallest absolute Gasteiger partial charge is 0.240 e. The average molecular weight is 226 g/mol. The molecule has 0 unspecified atom stereocenters. The first-order chi connectivity index (χ1) is 6.97. The Hall–Kier alpha value is -0.870. The normalized spacial score (nSPS) is 13.6. The molecule has 15 heavy (non-hydrogen) atoms. The minimum atomic E-state index is -0.522. The van der Waals surface area contributed by atoms with Gasteiger partial charge in [-0.15, -0.1) is 11.3 Å². The predicted molar refractivity (Wildman–Crippen MR) is 64.0 cm³/mol. The van der Waals surface area contributed by atoms with Gasteiger partial charge in [-0.3, -0.25) is 4.79 Å². The van der Waals surface area contributed by atoms with Crippen molar-refractivity contribution in [3.05, 3.63) is 22.4 Å². The van der Waals surface area contributed by atoms with E-state index in [0.29, 0.717) is 0 Å². The van der Waals surface area contributed by atoms with Crippen molar-refractivity contribution in [1.29, 1.82) is 0 Å². The second-order valence-electron chi connectivity index (χ2n) is 4.09. The quantitative estimate of drug-likeness (QED) is 0.823. The van der Waals surface area contributed by atoms with Gasteiger partial charge in [0.15, 0.2) is 0 Å². The van der Waals surface area contributed by atoms with E-state index in [-0.39, 0.29) is 11.9 Å². The van der Waals surface area contributed by atoms with Crippen LogP contribution in [0.15, 0.2) is 17.5 Å². The van der Waals surface area contributed by atoms with Crippen LogP contribution in [0, 0.1) is 0 Å². The van der Waals surface area contributed by atoms with Crippen molar-refractivity contribution in [2.75, 3.05) is 7.05 Å². The molecule has 1 aromatic rings. The summed E-state index contributed by atoms with van der Waals surface area (Å²) >= 11 is 1.66. The molecule has 84 valence electrons. The van der Waals surface area contributed by atoms with Gasteiger partial charge >= 0.3 is 0 Å². The molecule has 0 saturated heterocycles. The fourth-order valence-electron chi connectivity index (χ4n) is 1.10. The summed E-state index contributed by atoms with van der Waals surface area (Å²) in [5.41, 5.74) is -0.522. The molecular formula is C11H18N2OS. The molecular weight excluding hydrogens is 208 g/mol. The van der Waals surface area contributed by atoms with E-state index in [0.717, 1.165) is 0 Å². The van der Waals surface area contributed by atoms with Crippen molar-refractivity contribution >= 4 is 17.2 Å². The Kier molecular flexibility index (Phi) is 3.88. The first-order valence-electron chi connectivity index (χ1n) is 5.00. The Labute approximate surface area is 94.9 Å². The van der Waals surface area contributed by atoms with Crippen LogP contribution >= 0.6 is 11.3 Å². The van der Waals surface area contributed by atoms with Crippen molar-refractivity contribution in [3.8, 4) is 0 Å². The average Bonchev–Trinajstić information content (AvgIpc) is 2.70. The van der Waals surface area contributed by atoms with Crippen LogP contribution in [-0.2, 0) is 4.79 Å². The second-order valence-corrected chi connectivity index (χ2v) is 5.06. The number of rotatable bonds is 4. The molecule has 1 atom stereocenters. The molecule has 4 heteroatoms. The van der Waals surface area contributed by atoms with Crippen molar-refractivity contribution < 1.29 is 4.79 Å². The van der Waals surface area contributed by atoms with Gasteiger partial charge in [-0.2, -0.15) is 0 Å². The number of hydrogen-bond acceptors (Lipinski definition) is 3. The second kappa shape index (κ2) is 4.77. The molecule has 0 aliphatic carbocycles. The summed E-state index contributed by atoms with van der Waals surface area (Å²) in [6, 6.07) is 4.10. The number of thiophene rings is 1. The molecule has 1 rings (SSSR count). The van der Waals surface area contributed by atoms with Gasteiger partial charge in [0.1, 0.15) is 0 Å². The van der Waals surface area contributed by atoms with Crippen LogP contribution in [0.2, 0.25) is 0 Å². The molecule has 1 heterocycles. The van der Waals surface area contributed by atoms with Crippen LogP contribution in [-0.4, -0.2) is 18.5 Å². The third-order valence-electron chi connectivity index (χ3n) is 2.51. The lowest BCUT2D eigenvalue weighted by Crippen LogP contribution is -2.51. The third kappa shape index (κ3) is 3.04. The molecule has 1 amide bonds. The van der Waals surface area contributed by atoms with Crippen molar-refractivity contribution in [2.24, 2.45) is 0 Å².